The molecule has 0 unspecified atom stereocenters. The number of nitrogens with one attached hydrogen (secondary N) is 1. The second-order valence-corrected chi connectivity index (χ2v) is 6.78. The molecule has 0 aromatic rings. The SMILES string of the molecule is CCC(=O)N1CSC[C@@H]1C(=O)N[C@H]1CCCC[C@H]1C(F)(F)F. The van der Waals surface area contributed by atoms with E-state index in [0.717, 1.165) is 0 Å². The van der Waals surface area contributed by atoms with Crippen LogP contribution in [0.2, 0.25) is 0 Å². The maximum atomic E-state index is 13.1. The van der Waals surface area contributed by atoms with E-state index in [1.807, 2.05) is 0 Å². The number of hydrogen-bond acceptors (Lipinski definition) is 3. The van der Waals surface area contributed by atoms with E-state index in [1.165, 1.54) is 16.7 Å². The molecule has 2 amide bonds. The maximum Gasteiger partial charge on any atom is 0.393 e. The highest BCUT2D eigenvalue weighted by atomic mass is 32.2. The summed E-state index contributed by atoms with van der Waals surface area (Å²) in [7, 11) is 0. The van der Waals surface area contributed by atoms with Crippen LogP contribution in [0.15, 0.2) is 0 Å². The van der Waals surface area contributed by atoms with E-state index < -0.39 is 30.1 Å². The molecule has 1 aliphatic heterocycles. The molecule has 1 N–H and O–H groups in total. The number of alkyl halides is 3. The molecule has 1 saturated carbocycles. The van der Waals surface area contributed by atoms with Crippen molar-refractivity contribution in [2.75, 3.05) is 11.6 Å². The van der Waals surface area contributed by atoms with Gasteiger partial charge in [0.2, 0.25) is 11.8 Å². The topological polar surface area (TPSA) is 49.4 Å². The van der Waals surface area contributed by atoms with E-state index in [-0.39, 0.29) is 12.3 Å². The molecule has 0 aromatic carbocycles. The lowest BCUT2D eigenvalue weighted by Crippen LogP contribution is -2.54. The highest BCUT2D eigenvalue weighted by molar-refractivity contribution is 7.99. The molecule has 1 aliphatic carbocycles. The van der Waals surface area contributed by atoms with Crippen LogP contribution in [0.25, 0.3) is 0 Å². The fourth-order valence-electron chi connectivity index (χ4n) is 3.08. The Balaban J connectivity index is 2.02. The first-order valence-electron chi connectivity index (χ1n) is 7.59. The highest BCUT2D eigenvalue weighted by Gasteiger charge is 2.47. The Morgan fingerprint density at radius 2 is 1.95 bits per heavy atom. The minimum atomic E-state index is -4.29. The smallest absolute Gasteiger partial charge is 0.351 e. The number of rotatable bonds is 3. The quantitative estimate of drug-likeness (QED) is 0.860. The van der Waals surface area contributed by atoms with Crippen LogP contribution in [-0.4, -0.2) is 46.6 Å². The van der Waals surface area contributed by atoms with Crippen LogP contribution >= 0.6 is 11.8 Å². The molecule has 0 bridgehead atoms. The summed E-state index contributed by atoms with van der Waals surface area (Å²) in [6, 6.07) is -1.52. The van der Waals surface area contributed by atoms with Crippen LogP contribution in [0, 0.1) is 5.92 Å². The first-order chi connectivity index (χ1) is 10.3. The zero-order valence-corrected chi connectivity index (χ0v) is 13.3. The fraction of sp³-hybridized carbons (Fsp3) is 0.857. The second-order valence-electron chi connectivity index (χ2n) is 5.78. The van der Waals surface area contributed by atoms with Crippen molar-refractivity contribution in [2.45, 2.75) is 57.3 Å². The highest BCUT2D eigenvalue weighted by Crippen LogP contribution is 2.38. The van der Waals surface area contributed by atoms with E-state index in [2.05, 4.69) is 5.32 Å². The molecule has 1 heterocycles. The van der Waals surface area contributed by atoms with E-state index in [1.54, 1.807) is 6.92 Å². The first-order valence-corrected chi connectivity index (χ1v) is 8.74. The number of thioether (sulfide) groups is 1. The summed E-state index contributed by atoms with van der Waals surface area (Å²) in [6.07, 6.45) is -2.37. The number of carbonyl (C=O) groups excluding carboxylic acids is 2. The molecule has 3 atom stereocenters. The summed E-state index contributed by atoms with van der Waals surface area (Å²) in [4.78, 5) is 25.6. The largest absolute Gasteiger partial charge is 0.393 e. The third-order valence-electron chi connectivity index (χ3n) is 4.32. The summed E-state index contributed by atoms with van der Waals surface area (Å²) in [5.74, 6) is -1.19. The summed E-state index contributed by atoms with van der Waals surface area (Å²) in [5, 5.41) is 2.56. The Labute approximate surface area is 132 Å². The van der Waals surface area contributed by atoms with Gasteiger partial charge in [-0.15, -0.1) is 11.8 Å². The normalized spacial score (nSPS) is 29.5. The number of carbonyl (C=O) groups is 2. The van der Waals surface area contributed by atoms with E-state index in [9.17, 15) is 22.8 Å². The molecular weight excluding hydrogens is 317 g/mol. The van der Waals surface area contributed by atoms with Gasteiger partial charge < -0.3 is 10.2 Å². The van der Waals surface area contributed by atoms with Crippen molar-refractivity contribution in [3.63, 3.8) is 0 Å². The molecule has 0 radical (unpaired) electrons. The fourth-order valence-corrected chi connectivity index (χ4v) is 4.26. The van der Waals surface area contributed by atoms with Gasteiger partial charge >= 0.3 is 6.18 Å². The molecule has 4 nitrogen and oxygen atoms in total. The summed E-state index contributed by atoms with van der Waals surface area (Å²) < 4.78 is 39.2. The Kier molecular flexibility index (Phi) is 5.63. The summed E-state index contributed by atoms with van der Waals surface area (Å²) in [5.41, 5.74) is 0. The molecule has 0 aromatic heterocycles. The van der Waals surface area contributed by atoms with Gasteiger partial charge in [-0.3, -0.25) is 9.59 Å². The third-order valence-corrected chi connectivity index (χ3v) is 5.33. The van der Waals surface area contributed by atoms with Crippen LogP contribution in [0.3, 0.4) is 0 Å². The molecule has 8 heteroatoms. The number of hydrogen-bond donors (Lipinski definition) is 1. The lowest BCUT2D eigenvalue weighted by molar-refractivity contribution is -0.189. The average Bonchev–Trinajstić information content (AvgIpc) is 2.95. The lowest BCUT2D eigenvalue weighted by atomic mass is 9.84. The van der Waals surface area contributed by atoms with Crippen molar-refractivity contribution in [1.82, 2.24) is 10.2 Å². The van der Waals surface area contributed by atoms with Crippen LogP contribution in [0.4, 0.5) is 13.2 Å². The van der Waals surface area contributed by atoms with Gasteiger partial charge in [0, 0.05) is 18.2 Å². The second kappa shape index (κ2) is 7.10. The number of nitrogens with zero attached hydrogens (tertiary/aromatic N) is 1. The predicted molar refractivity (Wildman–Crippen MR) is 78.2 cm³/mol. The molecule has 1 saturated heterocycles. The molecule has 0 spiro atoms. The first kappa shape index (κ1) is 17.4. The van der Waals surface area contributed by atoms with Gasteiger partial charge in [0.05, 0.1) is 11.8 Å². The number of amides is 2. The van der Waals surface area contributed by atoms with Gasteiger partial charge in [-0.1, -0.05) is 19.8 Å². The molecule has 22 heavy (non-hydrogen) atoms. The van der Waals surface area contributed by atoms with E-state index in [4.69, 9.17) is 0 Å². The summed E-state index contributed by atoms with van der Waals surface area (Å²) >= 11 is 1.45. The van der Waals surface area contributed by atoms with Crippen LogP contribution in [0.1, 0.15) is 39.0 Å². The molecule has 2 fully saturated rings. The zero-order chi connectivity index (χ0) is 16.3. The lowest BCUT2D eigenvalue weighted by Gasteiger charge is -2.34. The van der Waals surface area contributed by atoms with E-state index in [0.29, 0.717) is 37.3 Å². The van der Waals surface area contributed by atoms with Gasteiger partial charge in [-0.25, -0.2) is 0 Å². The van der Waals surface area contributed by atoms with Crippen molar-refractivity contribution < 1.29 is 22.8 Å². The zero-order valence-electron chi connectivity index (χ0n) is 12.5. The molecule has 2 aliphatic rings. The van der Waals surface area contributed by atoms with E-state index >= 15 is 0 Å². The monoisotopic (exact) mass is 338 g/mol. The van der Waals surface area contributed by atoms with Gasteiger partial charge in [-0.2, -0.15) is 13.2 Å². The molecular formula is C14H21F3N2O2S. The van der Waals surface area contributed by atoms with Gasteiger partial charge in [0.15, 0.2) is 0 Å². The van der Waals surface area contributed by atoms with Crippen LogP contribution < -0.4 is 5.32 Å². The Hall–Kier alpha value is -0.920. The Bertz CT molecular complexity index is 431. The van der Waals surface area contributed by atoms with Gasteiger partial charge in [0.1, 0.15) is 6.04 Å². The average molecular weight is 338 g/mol. The molecule has 2 rings (SSSR count). The van der Waals surface area contributed by atoms with Crippen molar-refractivity contribution in [3.05, 3.63) is 0 Å². The maximum absolute atomic E-state index is 13.1. The Morgan fingerprint density at radius 3 is 2.59 bits per heavy atom. The van der Waals surface area contributed by atoms with Crippen LogP contribution in [-0.2, 0) is 9.59 Å². The molecule has 126 valence electrons. The predicted octanol–water partition coefficient (Wildman–Crippen LogP) is 2.54. The van der Waals surface area contributed by atoms with Crippen molar-refractivity contribution in [3.8, 4) is 0 Å². The minimum Gasteiger partial charge on any atom is -0.351 e. The van der Waals surface area contributed by atoms with Crippen molar-refractivity contribution >= 4 is 23.6 Å². The third kappa shape index (κ3) is 3.88. The minimum absolute atomic E-state index is 0.0610. The summed E-state index contributed by atoms with van der Waals surface area (Å²) in [6.45, 7) is 1.71. The van der Waals surface area contributed by atoms with Crippen molar-refractivity contribution in [1.29, 1.82) is 0 Å². The van der Waals surface area contributed by atoms with Crippen molar-refractivity contribution in [2.24, 2.45) is 5.92 Å². The standard InChI is InChI=1S/C14H21F3N2O2S/c1-2-12(20)19-8-22-7-11(19)13(21)18-10-6-4-3-5-9(10)14(15,16)17/h9-11H,2-8H2,1H3,(H,18,21)/t9-,10+,11-/m1/s1. The Morgan fingerprint density at radius 1 is 1.27 bits per heavy atom. The number of halogens is 3. The van der Waals surface area contributed by atoms with Gasteiger partial charge in [0.25, 0.3) is 0 Å². The van der Waals surface area contributed by atoms with Crippen LogP contribution in [0.5, 0.6) is 0 Å². The van der Waals surface area contributed by atoms with Gasteiger partial charge in [-0.05, 0) is 12.8 Å².